The molecule has 1 aromatic carbocycles. The van der Waals surface area contributed by atoms with Crippen LogP contribution in [0, 0.1) is 29.1 Å². The third-order valence-electron chi connectivity index (χ3n) is 7.50. The van der Waals surface area contributed by atoms with Crippen molar-refractivity contribution in [1.82, 2.24) is 5.32 Å². The quantitative estimate of drug-likeness (QED) is 0.193. The number of carbonyl (C=O) groups is 2. The molecule has 224 valence electrons. The molecule has 0 fully saturated rings. The van der Waals surface area contributed by atoms with E-state index in [1.54, 1.807) is 28.1 Å². The summed E-state index contributed by atoms with van der Waals surface area (Å²) >= 11 is 0. The molecule has 0 aromatic heterocycles. The predicted molar refractivity (Wildman–Crippen MR) is 155 cm³/mol. The Kier molecular flexibility index (Phi) is 14.8. The fraction of sp³-hybridized carbons (Fsp3) is 0.733. The van der Waals surface area contributed by atoms with Gasteiger partial charge in [0.1, 0.15) is 0 Å². The fourth-order valence-corrected chi connectivity index (χ4v) is 4.39. The first-order valence-corrected chi connectivity index (χ1v) is 14.0. The number of rotatable bonds is 19. The maximum absolute atomic E-state index is 12.9. The van der Waals surface area contributed by atoms with Crippen molar-refractivity contribution in [1.29, 1.82) is 0 Å². The number of aliphatic hydroxyl groups excluding tert-OH is 1. The van der Waals surface area contributed by atoms with Crippen molar-refractivity contribution in [3.63, 3.8) is 0 Å². The molecule has 9 nitrogen and oxygen atoms in total. The Morgan fingerprint density at radius 1 is 1.03 bits per heavy atom. The summed E-state index contributed by atoms with van der Waals surface area (Å²) in [4.78, 5) is 24.5. The van der Waals surface area contributed by atoms with E-state index in [0.717, 1.165) is 18.4 Å². The number of nitrogens with one attached hydrogen (secondary N) is 1. The Morgan fingerprint density at radius 3 is 2.23 bits per heavy atom. The Bertz CT molecular complexity index is 889. The molecule has 1 aromatic rings. The lowest BCUT2D eigenvalue weighted by Gasteiger charge is -2.30. The highest BCUT2D eigenvalue weighted by molar-refractivity contribution is 5.83. The van der Waals surface area contributed by atoms with Crippen LogP contribution in [0.25, 0.3) is 0 Å². The molecule has 39 heavy (non-hydrogen) atoms. The second-order valence-corrected chi connectivity index (χ2v) is 11.9. The second-order valence-electron chi connectivity index (χ2n) is 11.9. The van der Waals surface area contributed by atoms with Gasteiger partial charge in [-0.15, -0.1) is 0 Å². The molecule has 4 atom stereocenters. The van der Waals surface area contributed by atoms with Crippen LogP contribution in [0.3, 0.4) is 0 Å². The summed E-state index contributed by atoms with van der Waals surface area (Å²) in [7, 11) is 3.29. The minimum atomic E-state index is -0.854. The van der Waals surface area contributed by atoms with Crippen molar-refractivity contribution in [3.8, 4) is 11.5 Å². The highest BCUT2D eigenvalue weighted by Crippen LogP contribution is 2.32. The Hall–Kier alpha value is -2.36. The van der Waals surface area contributed by atoms with Gasteiger partial charge < -0.3 is 36.1 Å². The number of benzene rings is 1. The Morgan fingerprint density at radius 2 is 1.69 bits per heavy atom. The number of nitrogens with two attached hydrogens (primary N) is 2. The predicted octanol–water partition coefficient (Wildman–Crippen LogP) is 3.29. The van der Waals surface area contributed by atoms with Crippen LogP contribution in [0.4, 0.5) is 0 Å². The zero-order chi connectivity index (χ0) is 29.8. The van der Waals surface area contributed by atoms with E-state index in [2.05, 4.69) is 19.2 Å². The molecule has 2 amide bonds. The molecule has 0 aliphatic carbocycles. The van der Waals surface area contributed by atoms with Crippen molar-refractivity contribution in [2.45, 2.75) is 79.4 Å². The number of aliphatic hydroxyl groups is 1. The van der Waals surface area contributed by atoms with Crippen LogP contribution >= 0.6 is 0 Å². The summed E-state index contributed by atoms with van der Waals surface area (Å²) in [5.74, 6) is 0.792. The minimum absolute atomic E-state index is 0.00829. The summed E-state index contributed by atoms with van der Waals surface area (Å²) in [5, 5.41) is 13.9. The van der Waals surface area contributed by atoms with Crippen molar-refractivity contribution in [2.24, 2.45) is 40.6 Å². The number of amides is 2. The molecular formula is C30H53N3O6. The van der Waals surface area contributed by atoms with Crippen LogP contribution in [-0.2, 0) is 20.7 Å². The molecule has 0 radical (unpaired) electrons. The molecule has 0 spiro atoms. The molecule has 2 unspecified atom stereocenters. The van der Waals surface area contributed by atoms with Gasteiger partial charge >= 0.3 is 0 Å². The summed E-state index contributed by atoms with van der Waals surface area (Å²) in [5.41, 5.74) is 12.2. The van der Waals surface area contributed by atoms with E-state index in [9.17, 15) is 14.7 Å². The van der Waals surface area contributed by atoms with Crippen molar-refractivity contribution in [2.75, 3.05) is 34.0 Å². The number of ether oxygens (including phenoxy) is 3. The lowest BCUT2D eigenvalue weighted by molar-refractivity contribution is -0.130. The molecule has 0 heterocycles. The molecular weight excluding hydrogens is 498 g/mol. The molecule has 0 aliphatic heterocycles. The Labute approximate surface area is 235 Å². The van der Waals surface area contributed by atoms with Crippen LogP contribution in [0.1, 0.15) is 66.4 Å². The van der Waals surface area contributed by atoms with Crippen LogP contribution in [0.5, 0.6) is 11.5 Å². The first kappa shape index (κ1) is 34.7. The summed E-state index contributed by atoms with van der Waals surface area (Å²) in [6.07, 6.45) is 1.56. The molecule has 0 aliphatic rings. The van der Waals surface area contributed by atoms with E-state index in [-0.39, 0.29) is 30.7 Å². The van der Waals surface area contributed by atoms with Gasteiger partial charge in [-0.3, -0.25) is 9.59 Å². The number of hydrogen-bond acceptors (Lipinski definition) is 7. The van der Waals surface area contributed by atoms with Gasteiger partial charge in [0.05, 0.1) is 25.2 Å². The van der Waals surface area contributed by atoms with Crippen molar-refractivity contribution < 1.29 is 28.9 Å². The first-order chi connectivity index (χ1) is 18.2. The smallest absolute Gasteiger partial charge is 0.224 e. The normalized spacial score (nSPS) is 15.1. The second kappa shape index (κ2) is 16.7. The summed E-state index contributed by atoms with van der Waals surface area (Å²) in [6, 6.07) is 5.47. The maximum atomic E-state index is 12.9. The van der Waals surface area contributed by atoms with E-state index >= 15 is 0 Å². The zero-order valence-corrected chi connectivity index (χ0v) is 25.3. The molecule has 0 saturated heterocycles. The topological polar surface area (TPSA) is 146 Å². The summed E-state index contributed by atoms with van der Waals surface area (Å²) < 4.78 is 16.5. The molecule has 6 N–H and O–H groups in total. The zero-order valence-electron chi connectivity index (χ0n) is 25.3. The van der Waals surface area contributed by atoms with Gasteiger partial charge in [0.2, 0.25) is 11.8 Å². The van der Waals surface area contributed by atoms with E-state index in [1.165, 1.54) is 0 Å². The number of primary amides is 1. The third kappa shape index (κ3) is 11.7. The van der Waals surface area contributed by atoms with Gasteiger partial charge in [-0.2, -0.15) is 0 Å². The van der Waals surface area contributed by atoms with Crippen LogP contribution in [0.2, 0.25) is 0 Å². The van der Waals surface area contributed by atoms with E-state index < -0.39 is 29.4 Å². The minimum Gasteiger partial charge on any atom is -0.493 e. The molecule has 9 heteroatoms. The Balaban J connectivity index is 2.87. The van der Waals surface area contributed by atoms with E-state index in [0.29, 0.717) is 37.1 Å². The number of carbonyl (C=O) groups excluding carboxylic acids is 2. The molecule has 0 bridgehead atoms. The van der Waals surface area contributed by atoms with Gasteiger partial charge in [0, 0.05) is 38.6 Å². The lowest BCUT2D eigenvalue weighted by atomic mass is 9.80. The molecule has 0 saturated carbocycles. The molecule has 1 rings (SSSR count). The van der Waals surface area contributed by atoms with Crippen LogP contribution in [0.15, 0.2) is 18.2 Å². The fourth-order valence-electron chi connectivity index (χ4n) is 4.39. The highest BCUT2D eigenvalue weighted by Gasteiger charge is 2.32. The first-order valence-electron chi connectivity index (χ1n) is 14.0. The van der Waals surface area contributed by atoms with Gasteiger partial charge in [-0.25, -0.2) is 0 Å². The van der Waals surface area contributed by atoms with E-state index in [4.69, 9.17) is 25.7 Å². The standard InChI is InChI=1S/C30H53N3O6/c1-19(2)22(14-21-10-11-26(38-8)27(15-21)39-13-9-12-37-7)16-24(31)25(34)17-23(20(3)4)28(35)33-18-30(5,6)29(32)36/h10-11,15,19-20,22-25,34H,9,12-14,16-18,31H2,1-8H3,(H2,32,36)(H,33,35)/t22-,23-,24?,25?/m0/s1. The maximum Gasteiger partial charge on any atom is 0.224 e. The summed E-state index contributed by atoms with van der Waals surface area (Å²) in [6.45, 7) is 12.9. The third-order valence-corrected chi connectivity index (χ3v) is 7.50. The SMILES string of the molecule is COCCCOc1cc(C[C@@H](CC(N)C(O)C[C@H](C(=O)NCC(C)(C)C(N)=O)C(C)C)C(C)C)ccc1OC. The van der Waals surface area contributed by atoms with Crippen molar-refractivity contribution in [3.05, 3.63) is 23.8 Å². The monoisotopic (exact) mass is 551 g/mol. The highest BCUT2D eigenvalue weighted by atomic mass is 16.5. The van der Waals surface area contributed by atoms with Crippen LogP contribution < -0.4 is 26.3 Å². The van der Waals surface area contributed by atoms with Crippen LogP contribution in [-0.4, -0.2) is 63.0 Å². The lowest BCUT2D eigenvalue weighted by Crippen LogP contribution is -2.46. The van der Waals surface area contributed by atoms with Crippen molar-refractivity contribution >= 4 is 11.8 Å². The largest absolute Gasteiger partial charge is 0.493 e. The average Bonchev–Trinajstić information content (AvgIpc) is 2.87. The van der Waals surface area contributed by atoms with Gasteiger partial charge in [0.25, 0.3) is 0 Å². The van der Waals surface area contributed by atoms with Gasteiger partial charge in [0.15, 0.2) is 11.5 Å². The van der Waals surface area contributed by atoms with Gasteiger partial charge in [-0.1, -0.05) is 33.8 Å². The average molecular weight is 552 g/mol. The number of methoxy groups -OCH3 is 2. The van der Waals surface area contributed by atoms with E-state index in [1.807, 2.05) is 32.0 Å². The van der Waals surface area contributed by atoms with Gasteiger partial charge in [-0.05, 0) is 68.6 Å². The number of hydrogen-bond donors (Lipinski definition) is 4.